The molecule has 0 bridgehead atoms. The average molecular weight is 374 g/mol. The number of guanidine groups is 1. The Kier molecular flexibility index (Phi) is 7.96. The maximum Gasteiger partial charge on any atom is 0.191 e. The first-order valence-electron chi connectivity index (χ1n) is 10.4. The van der Waals surface area contributed by atoms with Crippen molar-refractivity contribution in [2.75, 3.05) is 51.7 Å². The summed E-state index contributed by atoms with van der Waals surface area (Å²) in [5.41, 5.74) is 2.79. The molecular formula is C22H39N5. The molecule has 1 aromatic rings. The Hall–Kier alpha value is -1.75. The van der Waals surface area contributed by atoms with Crippen molar-refractivity contribution in [1.82, 2.24) is 15.5 Å². The van der Waals surface area contributed by atoms with Crippen LogP contribution in [0.25, 0.3) is 0 Å². The summed E-state index contributed by atoms with van der Waals surface area (Å²) in [5.74, 6) is 0.892. The van der Waals surface area contributed by atoms with Crippen LogP contribution in [-0.4, -0.2) is 57.7 Å². The van der Waals surface area contributed by atoms with Crippen LogP contribution in [0.3, 0.4) is 0 Å². The molecule has 2 rings (SSSR count). The van der Waals surface area contributed by atoms with E-state index in [2.05, 4.69) is 86.5 Å². The third kappa shape index (κ3) is 7.06. The fourth-order valence-corrected chi connectivity index (χ4v) is 3.77. The minimum Gasteiger partial charge on any atom is -0.372 e. The first-order valence-corrected chi connectivity index (χ1v) is 10.4. The van der Waals surface area contributed by atoms with Gasteiger partial charge in [-0.1, -0.05) is 26.0 Å². The third-order valence-electron chi connectivity index (χ3n) is 4.95. The molecule has 0 aliphatic carbocycles. The predicted molar refractivity (Wildman–Crippen MR) is 118 cm³/mol. The summed E-state index contributed by atoms with van der Waals surface area (Å²) < 4.78 is 0. The lowest BCUT2D eigenvalue weighted by Crippen LogP contribution is -2.40. The average Bonchev–Trinajstić information content (AvgIpc) is 3.13. The first kappa shape index (κ1) is 21.5. The number of nitrogens with zero attached hydrogens (tertiary/aromatic N) is 3. The highest BCUT2D eigenvalue weighted by Crippen LogP contribution is 2.24. The molecule has 2 N–H and O–H groups in total. The summed E-state index contributed by atoms with van der Waals surface area (Å²) in [6.45, 7) is 13.9. The molecule has 1 atom stereocenters. The molecule has 5 heteroatoms. The second-order valence-corrected chi connectivity index (χ2v) is 8.75. The Morgan fingerprint density at radius 1 is 1.26 bits per heavy atom. The van der Waals surface area contributed by atoms with Gasteiger partial charge in [0.2, 0.25) is 0 Å². The number of nitrogens with one attached hydrogen (secondary N) is 2. The van der Waals surface area contributed by atoms with E-state index in [0.717, 1.165) is 25.6 Å². The van der Waals surface area contributed by atoms with Crippen LogP contribution in [0.1, 0.15) is 52.1 Å². The van der Waals surface area contributed by atoms with Crippen LogP contribution in [-0.2, 0) is 0 Å². The van der Waals surface area contributed by atoms with Crippen LogP contribution < -0.4 is 15.5 Å². The highest BCUT2D eigenvalue weighted by molar-refractivity contribution is 5.80. The van der Waals surface area contributed by atoms with E-state index >= 15 is 0 Å². The molecular weight excluding hydrogens is 334 g/mol. The van der Waals surface area contributed by atoms with Gasteiger partial charge >= 0.3 is 0 Å². The topological polar surface area (TPSA) is 42.9 Å². The SMILES string of the molecule is CCNC(=NCC(C)(C)CN(C)C)NC(C)c1cccc(N2CCCC2)c1. The van der Waals surface area contributed by atoms with Gasteiger partial charge in [-0.15, -0.1) is 0 Å². The van der Waals surface area contributed by atoms with Crippen LogP contribution in [0.15, 0.2) is 29.3 Å². The van der Waals surface area contributed by atoms with Gasteiger partial charge in [0.05, 0.1) is 6.04 Å². The quantitative estimate of drug-likeness (QED) is 0.541. The standard InChI is InChI=1S/C22H39N5/c1-7-23-21(24-16-22(3,4)17-26(5)6)25-18(2)19-11-10-12-20(15-19)27-13-8-9-14-27/h10-12,15,18H,7-9,13-14,16-17H2,1-6H3,(H2,23,24,25). The van der Waals surface area contributed by atoms with E-state index in [1.807, 2.05) is 0 Å². The Labute approximate surface area is 166 Å². The van der Waals surface area contributed by atoms with Crippen molar-refractivity contribution in [3.8, 4) is 0 Å². The highest BCUT2D eigenvalue weighted by Gasteiger charge is 2.19. The zero-order valence-electron chi connectivity index (χ0n) is 18.2. The fourth-order valence-electron chi connectivity index (χ4n) is 3.77. The Morgan fingerprint density at radius 3 is 2.59 bits per heavy atom. The van der Waals surface area contributed by atoms with Crippen molar-refractivity contribution in [3.05, 3.63) is 29.8 Å². The molecule has 0 saturated carbocycles. The summed E-state index contributed by atoms with van der Waals surface area (Å²) in [7, 11) is 4.23. The molecule has 0 radical (unpaired) electrons. The molecule has 27 heavy (non-hydrogen) atoms. The Bertz CT molecular complexity index is 602. The Balaban J connectivity index is 2.04. The molecule has 1 heterocycles. The molecule has 5 nitrogen and oxygen atoms in total. The monoisotopic (exact) mass is 373 g/mol. The van der Waals surface area contributed by atoms with Crippen LogP contribution >= 0.6 is 0 Å². The van der Waals surface area contributed by atoms with Crippen molar-refractivity contribution in [2.24, 2.45) is 10.4 Å². The Morgan fingerprint density at radius 2 is 1.96 bits per heavy atom. The number of hydrogen-bond donors (Lipinski definition) is 2. The number of benzene rings is 1. The first-order chi connectivity index (χ1) is 12.8. The molecule has 1 saturated heterocycles. The van der Waals surface area contributed by atoms with Gasteiger partial charge in [0.15, 0.2) is 5.96 Å². The van der Waals surface area contributed by atoms with Gasteiger partial charge in [0.25, 0.3) is 0 Å². The minimum absolute atomic E-state index is 0.144. The number of anilines is 1. The third-order valence-corrected chi connectivity index (χ3v) is 4.95. The molecule has 0 spiro atoms. The summed E-state index contributed by atoms with van der Waals surface area (Å²) in [4.78, 5) is 9.57. The predicted octanol–water partition coefficient (Wildman–Crippen LogP) is 3.49. The lowest BCUT2D eigenvalue weighted by Gasteiger charge is -2.27. The summed E-state index contributed by atoms with van der Waals surface area (Å²) in [6, 6.07) is 9.14. The molecule has 1 aliphatic rings. The van der Waals surface area contributed by atoms with E-state index in [1.54, 1.807) is 0 Å². The van der Waals surface area contributed by atoms with Gasteiger partial charge < -0.3 is 20.4 Å². The molecule has 1 aliphatic heterocycles. The van der Waals surface area contributed by atoms with Gasteiger partial charge in [-0.25, -0.2) is 0 Å². The zero-order chi connectivity index (χ0) is 19.9. The van der Waals surface area contributed by atoms with Gasteiger partial charge in [-0.2, -0.15) is 0 Å². The van der Waals surface area contributed by atoms with E-state index in [-0.39, 0.29) is 11.5 Å². The van der Waals surface area contributed by atoms with Crippen molar-refractivity contribution >= 4 is 11.6 Å². The second kappa shape index (κ2) is 9.98. The van der Waals surface area contributed by atoms with Crippen LogP contribution in [0, 0.1) is 5.41 Å². The smallest absolute Gasteiger partial charge is 0.191 e. The molecule has 0 aromatic heterocycles. The van der Waals surface area contributed by atoms with Crippen LogP contribution in [0.5, 0.6) is 0 Å². The summed E-state index contributed by atoms with van der Waals surface area (Å²) in [6.07, 6.45) is 2.61. The number of rotatable bonds is 8. The molecule has 1 fully saturated rings. The fraction of sp³-hybridized carbons (Fsp3) is 0.682. The molecule has 152 valence electrons. The van der Waals surface area contributed by atoms with Gasteiger partial charge in [0, 0.05) is 38.4 Å². The van der Waals surface area contributed by atoms with E-state index in [0.29, 0.717) is 0 Å². The van der Waals surface area contributed by atoms with E-state index in [9.17, 15) is 0 Å². The van der Waals surface area contributed by atoms with Crippen LogP contribution in [0.4, 0.5) is 5.69 Å². The number of aliphatic imine (C=N–C) groups is 1. The lowest BCUT2D eigenvalue weighted by atomic mass is 9.93. The van der Waals surface area contributed by atoms with Crippen molar-refractivity contribution < 1.29 is 0 Å². The lowest BCUT2D eigenvalue weighted by molar-refractivity contribution is 0.248. The second-order valence-electron chi connectivity index (χ2n) is 8.75. The van der Waals surface area contributed by atoms with Gasteiger partial charge in [0.1, 0.15) is 0 Å². The van der Waals surface area contributed by atoms with E-state index in [1.165, 1.54) is 37.2 Å². The molecule has 1 aromatic carbocycles. The highest BCUT2D eigenvalue weighted by atomic mass is 15.2. The van der Waals surface area contributed by atoms with Crippen LogP contribution in [0.2, 0.25) is 0 Å². The minimum atomic E-state index is 0.144. The normalized spacial score (nSPS) is 16.7. The van der Waals surface area contributed by atoms with Crippen molar-refractivity contribution in [3.63, 3.8) is 0 Å². The van der Waals surface area contributed by atoms with Gasteiger partial charge in [-0.3, -0.25) is 4.99 Å². The number of hydrogen-bond acceptors (Lipinski definition) is 3. The maximum absolute atomic E-state index is 4.86. The van der Waals surface area contributed by atoms with Crippen molar-refractivity contribution in [2.45, 2.75) is 46.6 Å². The van der Waals surface area contributed by atoms with E-state index < -0.39 is 0 Å². The summed E-state index contributed by atoms with van der Waals surface area (Å²) in [5, 5.41) is 6.98. The molecule has 1 unspecified atom stereocenters. The maximum atomic E-state index is 4.86. The van der Waals surface area contributed by atoms with Crippen molar-refractivity contribution in [1.29, 1.82) is 0 Å². The largest absolute Gasteiger partial charge is 0.372 e. The summed E-state index contributed by atoms with van der Waals surface area (Å²) >= 11 is 0. The zero-order valence-corrected chi connectivity index (χ0v) is 18.2. The van der Waals surface area contributed by atoms with Gasteiger partial charge in [-0.05, 0) is 63.9 Å². The molecule has 0 amide bonds. The van der Waals surface area contributed by atoms with E-state index in [4.69, 9.17) is 4.99 Å².